The topological polar surface area (TPSA) is 39.1 Å². The summed E-state index contributed by atoms with van der Waals surface area (Å²) < 4.78 is 0. The van der Waals surface area contributed by atoms with Crippen molar-refractivity contribution in [2.75, 3.05) is 26.2 Å². The Morgan fingerprint density at radius 2 is 2.14 bits per heavy atom. The highest BCUT2D eigenvalue weighted by Crippen LogP contribution is 2.05. The van der Waals surface area contributed by atoms with Crippen LogP contribution in [0.5, 0.6) is 0 Å². The van der Waals surface area contributed by atoms with E-state index < -0.39 is 0 Å². The van der Waals surface area contributed by atoms with Crippen molar-refractivity contribution in [3.8, 4) is 6.07 Å². The monoisotopic (exact) mass is 195 g/mol. The van der Waals surface area contributed by atoms with Crippen molar-refractivity contribution < 1.29 is 0 Å². The Kier molecular flexibility index (Phi) is 5.58. The van der Waals surface area contributed by atoms with Crippen LogP contribution in [0, 0.1) is 11.3 Å². The maximum atomic E-state index is 8.58. The van der Waals surface area contributed by atoms with E-state index in [-0.39, 0.29) is 0 Å². The van der Waals surface area contributed by atoms with Crippen LogP contribution in [0.1, 0.15) is 32.6 Å². The van der Waals surface area contributed by atoms with Gasteiger partial charge in [-0.15, -0.1) is 0 Å². The molecular formula is C11H21N3. The molecule has 0 aromatic heterocycles. The highest BCUT2D eigenvalue weighted by Gasteiger charge is 2.11. The Morgan fingerprint density at radius 3 is 2.71 bits per heavy atom. The lowest BCUT2D eigenvalue weighted by Gasteiger charge is -2.18. The first-order valence-electron chi connectivity index (χ1n) is 5.69. The largest absolute Gasteiger partial charge is 0.312 e. The molecule has 1 fully saturated rings. The molecule has 0 aliphatic carbocycles. The molecule has 0 amide bonds. The SMILES string of the molecule is CCC(CC#N)NCCN1CCCC1. The summed E-state index contributed by atoms with van der Waals surface area (Å²) in [5.74, 6) is 0. The van der Waals surface area contributed by atoms with Gasteiger partial charge < -0.3 is 10.2 Å². The van der Waals surface area contributed by atoms with Crippen LogP contribution in [0.4, 0.5) is 0 Å². The lowest BCUT2D eigenvalue weighted by atomic mass is 10.2. The van der Waals surface area contributed by atoms with E-state index in [1.165, 1.54) is 25.9 Å². The first kappa shape index (κ1) is 11.5. The zero-order chi connectivity index (χ0) is 10.2. The van der Waals surface area contributed by atoms with Gasteiger partial charge in [-0.3, -0.25) is 0 Å². The number of nitriles is 1. The van der Waals surface area contributed by atoms with E-state index >= 15 is 0 Å². The van der Waals surface area contributed by atoms with Crippen LogP contribution in [-0.4, -0.2) is 37.1 Å². The van der Waals surface area contributed by atoms with Crippen LogP contribution in [0.25, 0.3) is 0 Å². The van der Waals surface area contributed by atoms with Crippen LogP contribution in [-0.2, 0) is 0 Å². The summed E-state index contributed by atoms with van der Waals surface area (Å²) in [4.78, 5) is 2.49. The normalized spacial score (nSPS) is 19.4. The number of nitrogens with one attached hydrogen (secondary N) is 1. The smallest absolute Gasteiger partial charge is 0.0638 e. The van der Waals surface area contributed by atoms with Gasteiger partial charge >= 0.3 is 0 Å². The number of rotatable bonds is 6. The molecule has 1 atom stereocenters. The molecule has 1 aliphatic heterocycles. The number of hydrogen-bond donors (Lipinski definition) is 1. The molecule has 1 heterocycles. The third-order valence-electron chi connectivity index (χ3n) is 2.89. The Morgan fingerprint density at radius 1 is 1.43 bits per heavy atom. The first-order chi connectivity index (χ1) is 6.86. The van der Waals surface area contributed by atoms with Crippen molar-refractivity contribution in [3.63, 3.8) is 0 Å². The third kappa shape index (κ3) is 4.08. The van der Waals surface area contributed by atoms with Crippen molar-refractivity contribution >= 4 is 0 Å². The fourth-order valence-corrected chi connectivity index (χ4v) is 1.90. The third-order valence-corrected chi connectivity index (χ3v) is 2.89. The van der Waals surface area contributed by atoms with E-state index in [1.807, 2.05) is 0 Å². The Bertz CT molecular complexity index is 179. The molecule has 3 nitrogen and oxygen atoms in total. The van der Waals surface area contributed by atoms with Crippen molar-refractivity contribution in [2.45, 2.75) is 38.6 Å². The van der Waals surface area contributed by atoms with Gasteiger partial charge in [0.15, 0.2) is 0 Å². The molecule has 0 radical (unpaired) electrons. The van der Waals surface area contributed by atoms with Gasteiger partial charge in [0.2, 0.25) is 0 Å². The molecule has 0 saturated carbocycles. The molecule has 14 heavy (non-hydrogen) atoms. The number of nitrogens with zero attached hydrogens (tertiary/aromatic N) is 2. The fraction of sp³-hybridized carbons (Fsp3) is 0.909. The molecule has 3 heteroatoms. The molecular weight excluding hydrogens is 174 g/mol. The van der Waals surface area contributed by atoms with Crippen molar-refractivity contribution in [1.29, 1.82) is 5.26 Å². The van der Waals surface area contributed by atoms with Crippen LogP contribution in [0.3, 0.4) is 0 Å². The van der Waals surface area contributed by atoms with Crippen molar-refractivity contribution in [2.24, 2.45) is 0 Å². The molecule has 0 bridgehead atoms. The number of hydrogen-bond acceptors (Lipinski definition) is 3. The summed E-state index contributed by atoms with van der Waals surface area (Å²) in [5.41, 5.74) is 0. The van der Waals surface area contributed by atoms with Gasteiger partial charge in [-0.05, 0) is 32.4 Å². The van der Waals surface area contributed by atoms with E-state index in [1.54, 1.807) is 0 Å². The second-order valence-electron chi connectivity index (χ2n) is 3.97. The molecule has 0 aromatic rings. The van der Waals surface area contributed by atoms with E-state index in [4.69, 9.17) is 5.26 Å². The predicted octanol–water partition coefficient (Wildman–Crippen LogP) is 1.36. The lowest BCUT2D eigenvalue weighted by molar-refractivity contribution is 0.326. The van der Waals surface area contributed by atoms with Gasteiger partial charge in [-0.1, -0.05) is 6.92 Å². The fourth-order valence-electron chi connectivity index (χ4n) is 1.90. The van der Waals surface area contributed by atoms with E-state index in [0.29, 0.717) is 12.5 Å². The zero-order valence-electron chi connectivity index (χ0n) is 9.13. The highest BCUT2D eigenvalue weighted by atomic mass is 15.2. The van der Waals surface area contributed by atoms with Gasteiger partial charge in [0, 0.05) is 19.1 Å². The second kappa shape index (κ2) is 6.80. The quantitative estimate of drug-likeness (QED) is 0.695. The van der Waals surface area contributed by atoms with E-state index in [9.17, 15) is 0 Å². The molecule has 80 valence electrons. The summed E-state index contributed by atoms with van der Waals surface area (Å²) >= 11 is 0. The minimum absolute atomic E-state index is 0.391. The molecule has 1 N–H and O–H groups in total. The summed E-state index contributed by atoms with van der Waals surface area (Å²) in [6.07, 6.45) is 4.40. The molecule has 1 unspecified atom stereocenters. The summed E-state index contributed by atoms with van der Waals surface area (Å²) in [6.45, 7) is 6.82. The average Bonchev–Trinajstić information content (AvgIpc) is 2.69. The minimum atomic E-state index is 0.391. The minimum Gasteiger partial charge on any atom is -0.312 e. The maximum absolute atomic E-state index is 8.58. The van der Waals surface area contributed by atoms with Crippen molar-refractivity contribution in [1.82, 2.24) is 10.2 Å². The maximum Gasteiger partial charge on any atom is 0.0638 e. The van der Waals surface area contributed by atoms with E-state index in [0.717, 1.165) is 19.5 Å². The van der Waals surface area contributed by atoms with Crippen LogP contribution in [0.15, 0.2) is 0 Å². The zero-order valence-corrected chi connectivity index (χ0v) is 9.13. The van der Waals surface area contributed by atoms with Crippen LogP contribution in [0.2, 0.25) is 0 Å². The van der Waals surface area contributed by atoms with Crippen LogP contribution >= 0.6 is 0 Å². The van der Waals surface area contributed by atoms with Gasteiger partial charge in [-0.25, -0.2) is 0 Å². The van der Waals surface area contributed by atoms with Gasteiger partial charge in [0.05, 0.1) is 12.5 Å². The average molecular weight is 195 g/mol. The standard InChI is InChI=1S/C11H21N3/c1-2-11(5-6-12)13-7-10-14-8-3-4-9-14/h11,13H,2-5,7-10H2,1H3. The Hall–Kier alpha value is -0.590. The summed E-state index contributed by atoms with van der Waals surface area (Å²) in [6, 6.07) is 2.61. The molecule has 1 rings (SSSR count). The Labute approximate surface area is 87.1 Å². The van der Waals surface area contributed by atoms with Crippen LogP contribution < -0.4 is 5.32 Å². The predicted molar refractivity (Wildman–Crippen MR) is 58.0 cm³/mol. The highest BCUT2D eigenvalue weighted by molar-refractivity contribution is 4.80. The van der Waals surface area contributed by atoms with Gasteiger partial charge in [-0.2, -0.15) is 5.26 Å². The molecule has 1 saturated heterocycles. The molecule has 1 aliphatic rings. The van der Waals surface area contributed by atoms with Gasteiger partial charge in [0.1, 0.15) is 0 Å². The summed E-state index contributed by atoms with van der Waals surface area (Å²) in [7, 11) is 0. The number of likely N-dealkylation sites (tertiary alicyclic amines) is 1. The second-order valence-corrected chi connectivity index (χ2v) is 3.97. The van der Waals surface area contributed by atoms with E-state index in [2.05, 4.69) is 23.2 Å². The molecule has 0 spiro atoms. The first-order valence-corrected chi connectivity index (χ1v) is 5.69. The Balaban J connectivity index is 2.03. The van der Waals surface area contributed by atoms with Crippen molar-refractivity contribution in [3.05, 3.63) is 0 Å². The summed E-state index contributed by atoms with van der Waals surface area (Å²) in [5, 5.41) is 12.0. The lowest BCUT2D eigenvalue weighted by Crippen LogP contribution is -2.35. The molecule has 0 aromatic carbocycles. The van der Waals surface area contributed by atoms with Gasteiger partial charge in [0.25, 0.3) is 0 Å².